The molecule has 0 bridgehead atoms. The van der Waals surface area contributed by atoms with Crippen molar-refractivity contribution in [3.05, 3.63) is 0 Å². The minimum absolute atomic E-state index is 0.924. The van der Waals surface area contributed by atoms with Crippen molar-refractivity contribution in [2.45, 2.75) is 13.8 Å². The first-order chi connectivity index (χ1) is 3.41. The van der Waals surface area contributed by atoms with Gasteiger partial charge in [-0.3, -0.25) is 4.99 Å². The topological polar surface area (TPSA) is 12.4 Å². The second-order valence-electron chi connectivity index (χ2n) is 1.06. The van der Waals surface area contributed by atoms with Gasteiger partial charge in [0.1, 0.15) is 0 Å². The molecule has 0 N–H and O–H groups in total. The maximum Gasteiger partial charge on any atom is 0.0839 e. The summed E-state index contributed by atoms with van der Waals surface area (Å²) < 4.78 is 0. The average Bonchev–Trinajstić information content (AvgIpc) is 1.69. The SMILES string of the molecule is CC=NCSCC. The Balaban J connectivity index is 2.69. The van der Waals surface area contributed by atoms with Crippen LogP contribution in [0.15, 0.2) is 4.99 Å². The number of rotatable bonds is 3. The molecule has 2 heteroatoms. The largest absolute Gasteiger partial charge is 0.287 e. The van der Waals surface area contributed by atoms with Crippen molar-refractivity contribution >= 4 is 18.0 Å². The maximum atomic E-state index is 4.00. The van der Waals surface area contributed by atoms with Gasteiger partial charge in [0.05, 0.1) is 5.88 Å². The molecule has 0 spiro atoms. The third kappa shape index (κ3) is 6.02. The van der Waals surface area contributed by atoms with E-state index in [0.717, 1.165) is 11.6 Å². The summed E-state index contributed by atoms with van der Waals surface area (Å²) >= 11 is 1.83. The molecule has 0 aliphatic rings. The van der Waals surface area contributed by atoms with E-state index < -0.39 is 0 Å². The van der Waals surface area contributed by atoms with E-state index in [-0.39, 0.29) is 0 Å². The van der Waals surface area contributed by atoms with Crippen molar-refractivity contribution < 1.29 is 0 Å². The van der Waals surface area contributed by atoms with E-state index in [4.69, 9.17) is 0 Å². The van der Waals surface area contributed by atoms with Gasteiger partial charge in [-0.25, -0.2) is 0 Å². The van der Waals surface area contributed by atoms with Gasteiger partial charge >= 0.3 is 0 Å². The molecule has 0 aromatic carbocycles. The van der Waals surface area contributed by atoms with Crippen molar-refractivity contribution in [1.29, 1.82) is 0 Å². The van der Waals surface area contributed by atoms with Gasteiger partial charge in [0, 0.05) is 0 Å². The molecule has 0 rings (SSSR count). The van der Waals surface area contributed by atoms with Gasteiger partial charge in [-0.1, -0.05) is 6.92 Å². The Morgan fingerprint density at radius 2 is 2.43 bits per heavy atom. The van der Waals surface area contributed by atoms with Crippen LogP contribution in [0.1, 0.15) is 13.8 Å². The highest BCUT2D eigenvalue weighted by molar-refractivity contribution is 7.99. The van der Waals surface area contributed by atoms with Crippen LogP contribution in [0.2, 0.25) is 0 Å². The quantitative estimate of drug-likeness (QED) is 0.405. The molecule has 0 saturated carbocycles. The normalized spacial score (nSPS) is 10.6. The highest BCUT2D eigenvalue weighted by atomic mass is 32.2. The lowest BCUT2D eigenvalue weighted by Gasteiger charge is -1.85. The fourth-order valence-electron chi connectivity index (χ4n) is 0.219. The van der Waals surface area contributed by atoms with Crippen LogP contribution in [-0.2, 0) is 0 Å². The van der Waals surface area contributed by atoms with Crippen LogP contribution in [0, 0.1) is 0 Å². The van der Waals surface area contributed by atoms with Gasteiger partial charge in [-0.2, -0.15) is 0 Å². The lowest BCUT2D eigenvalue weighted by atomic mass is 10.9. The summed E-state index contributed by atoms with van der Waals surface area (Å²) in [6, 6.07) is 0. The van der Waals surface area contributed by atoms with E-state index in [1.165, 1.54) is 0 Å². The molecule has 0 aliphatic heterocycles. The van der Waals surface area contributed by atoms with E-state index in [9.17, 15) is 0 Å². The van der Waals surface area contributed by atoms with Crippen molar-refractivity contribution in [3.8, 4) is 0 Å². The van der Waals surface area contributed by atoms with Crippen molar-refractivity contribution in [2.24, 2.45) is 4.99 Å². The Hall–Kier alpha value is 0.0200. The number of hydrogen-bond donors (Lipinski definition) is 0. The molecule has 0 radical (unpaired) electrons. The zero-order valence-corrected chi connectivity index (χ0v) is 5.66. The summed E-state index contributed by atoms with van der Waals surface area (Å²) in [6.45, 7) is 4.08. The molecule has 0 atom stereocenters. The van der Waals surface area contributed by atoms with Gasteiger partial charge in [-0.15, -0.1) is 11.8 Å². The minimum atomic E-state index is 0.924. The molecule has 1 nitrogen and oxygen atoms in total. The second-order valence-corrected chi connectivity index (χ2v) is 2.31. The molecule has 42 valence electrons. The third-order valence-corrected chi connectivity index (χ3v) is 1.29. The molecule has 0 unspecified atom stereocenters. The molecule has 0 fully saturated rings. The minimum Gasteiger partial charge on any atom is -0.287 e. The number of aliphatic imine (C=N–C) groups is 1. The van der Waals surface area contributed by atoms with Gasteiger partial charge < -0.3 is 0 Å². The molecule has 0 aromatic rings. The van der Waals surface area contributed by atoms with E-state index in [2.05, 4.69) is 11.9 Å². The predicted octanol–water partition coefficient (Wildman–Crippen LogP) is 1.79. The van der Waals surface area contributed by atoms with Crippen LogP contribution in [0.25, 0.3) is 0 Å². The standard InChI is InChI=1S/C5H11NS/c1-3-6-5-7-4-2/h3H,4-5H2,1-2H3. The molecule has 0 heterocycles. The summed E-state index contributed by atoms with van der Waals surface area (Å²) in [5.41, 5.74) is 0. The Bertz CT molecular complexity index is 52.0. The van der Waals surface area contributed by atoms with Gasteiger partial charge in [0.15, 0.2) is 0 Å². The van der Waals surface area contributed by atoms with Gasteiger partial charge in [0.25, 0.3) is 0 Å². The van der Waals surface area contributed by atoms with Gasteiger partial charge in [-0.05, 0) is 18.9 Å². The zero-order chi connectivity index (χ0) is 5.54. The van der Waals surface area contributed by atoms with Crippen LogP contribution < -0.4 is 0 Å². The summed E-state index contributed by atoms with van der Waals surface area (Å²) in [5, 5.41) is 0. The smallest absolute Gasteiger partial charge is 0.0839 e. The van der Waals surface area contributed by atoms with Crippen LogP contribution in [-0.4, -0.2) is 17.8 Å². The number of hydrogen-bond acceptors (Lipinski definition) is 2. The summed E-state index contributed by atoms with van der Waals surface area (Å²) in [5.74, 6) is 2.09. The number of nitrogens with zero attached hydrogens (tertiary/aromatic N) is 1. The highest BCUT2D eigenvalue weighted by Gasteiger charge is 1.72. The Morgan fingerprint density at radius 1 is 1.71 bits per heavy atom. The van der Waals surface area contributed by atoms with E-state index in [1.807, 2.05) is 24.9 Å². The predicted molar refractivity (Wildman–Crippen MR) is 37.2 cm³/mol. The average molecular weight is 117 g/mol. The van der Waals surface area contributed by atoms with Crippen molar-refractivity contribution in [1.82, 2.24) is 0 Å². The van der Waals surface area contributed by atoms with Crippen molar-refractivity contribution in [3.63, 3.8) is 0 Å². The molecular formula is C5H11NS. The first-order valence-corrected chi connectivity index (χ1v) is 3.59. The fourth-order valence-corrected chi connectivity index (χ4v) is 0.656. The van der Waals surface area contributed by atoms with Crippen LogP contribution in [0.4, 0.5) is 0 Å². The first-order valence-electron chi connectivity index (χ1n) is 2.44. The van der Waals surface area contributed by atoms with E-state index in [0.29, 0.717) is 0 Å². The van der Waals surface area contributed by atoms with Crippen LogP contribution in [0.3, 0.4) is 0 Å². The summed E-state index contributed by atoms with van der Waals surface area (Å²) in [7, 11) is 0. The van der Waals surface area contributed by atoms with E-state index >= 15 is 0 Å². The monoisotopic (exact) mass is 117 g/mol. The Kier molecular flexibility index (Phi) is 6.04. The molecule has 0 aliphatic carbocycles. The van der Waals surface area contributed by atoms with Gasteiger partial charge in [0.2, 0.25) is 0 Å². The van der Waals surface area contributed by atoms with Crippen LogP contribution in [0.5, 0.6) is 0 Å². The van der Waals surface area contributed by atoms with E-state index in [1.54, 1.807) is 0 Å². The first kappa shape index (κ1) is 7.02. The second kappa shape index (κ2) is 6.02. The fraction of sp³-hybridized carbons (Fsp3) is 0.800. The molecule has 0 aromatic heterocycles. The lowest BCUT2D eigenvalue weighted by Crippen LogP contribution is -1.71. The summed E-state index contributed by atoms with van der Waals surface area (Å²) in [6.07, 6.45) is 1.84. The number of thioether (sulfide) groups is 1. The maximum absolute atomic E-state index is 4.00. The lowest BCUT2D eigenvalue weighted by molar-refractivity contribution is 1.37. The van der Waals surface area contributed by atoms with Crippen LogP contribution >= 0.6 is 11.8 Å². The third-order valence-electron chi connectivity index (χ3n) is 0.553. The molecule has 0 amide bonds. The summed E-state index contributed by atoms with van der Waals surface area (Å²) in [4.78, 5) is 4.00. The highest BCUT2D eigenvalue weighted by Crippen LogP contribution is 1.95. The van der Waals surface area contributed by atoms with Crippen molar-refractivity contribution in [2.75, 3.05) is 11.6 Å². The zero-order valence-electron chi connectivity index (χ0n) is 4.85. The molecule has 0 saturated heterocycles. The molecular weight excluding hydrogens is 106 g/mol. The Morgan fingerprint density at radius 3 is 2.86 bits per heavy atom. The molecule has 7 heavy (non-hydrogen) atoms. The Labute approximate surface area is 49.2 Å².